The third-order valence-corrected chi connectivity index (χ3v) is 2.12. The smallest absolute Gasteiger partial charge is 0.261 e. The lowest BCUT2D eigenvalue weighted by Crippen LogP contribution is -2.26. The summed E-state index contributed by atoms with van der Waals surface area (Å²) in [5.74, 6) is -2.06. The van der Waals surface area contributed by atoms with Crippen molar-refractivity contribution in [1.82, 2.24) is 5.06 Å². The van der Waals surface area contributed by atoms with Gasteiger partial charge in [0.1, 0.15) is 0 Å². The van der Waals surface area contributed by atoms with Crippen molar-refractivity contribution < 1.29 is 14.8 Å². The summed E-state index contributed by atoms with van der Waals surface area (Å²) in [6.45, 7) is 0. The summed E-state index contributed by atoms with van der Waals surface area (Å²) in [5.41, 5.74) is 0. The number of imide groups is 1. The second kappa shape index (κ2) is 2.28. The number of carbonyl (C=O) groups excluding carboxylic acids is 2. The van der Waals surface area contributed by atoms with Crippen LogP contribution in [0.15, 0.2) is 24.3 Å². The number of hydroxylamine groups is 2. The van der Waals surface area contributed by atoms with Crippen LogP contribution in [0, 0.1) is 11.8 Å². The molecule has 1 fully saturated rings. The van der Waals surface area contributed by atoms with Crippen molar-refractivity contribution in [3.05, 3.63) is 24.3 Å². The fraction of sp³-hybridized carbons (Fsp3) is 0.250. The number of allylic oxidation sites excluding steroid dienone is 2. The molecule has 2 rings (SSSR count). The molecule has 4 heteroatoms. The lowest BCUT2D eigenvalue weighted by molar-refractivity contribution is -0.172. The molecule has 12 heavy (non-hydrogen) atoms. The quantitative estimate of drug-likeness (QED) is 0.409. The summed E-state index contributed by atoms with van der Waals surface area (Å²) in [7, 11) is 0. The molecule has 0 aromatic rings. The summed E-state index contributed by atoms with van der Waals surface area (Å²) in [6, 6.07) is 0. The standard InChI is InChI=1S/C8H7NO3/c10-7-5-3-1-2-4-6(5)8(11)9(7)12/h1-6,12H. The van der Waals surface area contributed by atoms with Crippen molar-refractivity contribution in [1.29, 1.82) is 0 Å². The molecular formula is C8H7NO3. The largest absolute Gasteiger partial charge is 0.278 e. The molecule has 0 aromatic heterocycles. The third-order valence-electron chi connectivity index (χ3n) is 2.12. The Morgan fingerprint density at radius 3 is 1.92 bits per heavy atom. The normalized spacial score (nSPS) is 32.9. The van der Waals surface area contributed by atoms with Gasteiger partial charge in [0.2, 0.25) is 0 Å². The van der Waals surface area contributed by atoms with Gasteiger partial charge in [-0.25, -0.2) is 0 Å². The van der Waals surface area contributed by atoms with Gasteiger partial charge in [-0.2, -0.15) is 5.06 Å². The van der Waals surface area contributed by atoms with Crippen LogP contribution >= 0.6 is 0 Å². The van der Waals surface area contributed by atoms with E-state index in [1.165, 1.54) is 0 Å². The molecule has 62 valence electrons. The van der Waals surface area contributed by atoms with Gasteiger partial charge in [-0.1, -0.05) is 24.3 Å². The average Bonchev–Trinajstić information content (AvgIpc) is 2.33. The Hall–Kier alpha value is -1.42. The van der Waals surface area contributed by atoms with E-state index in [-0.39, 0.29) is 5.06 Å². The van der Waals surface area contributed by atoms with Crippen molar-refractivity contribution in [3.8, 4) is 0 Å². The lowest BCUT2D eigenvalue weighted by Gasteiger charge is -2.07. The van der Waals surface area contributed by atoms with Crippen LogP contribution in [-0.4, -0.2) is 22.1 Å². The number of amides is 2. The molecule has 0 saturated carbocycles. The zero-order valence-corrected chi connectivity index (χ0v) is 6.18. The van der Waals surface area contributed by atoms with Gasteiger partial charge < -0.3 is 0 Å². The molecule has 2 amide bonds. The van der Waals surface area contributed by atoms with Crippen LogP contribution in [0.2, 0.25) is 0 Å². The Labute approximate surface area is 68.7 Å². The number of rotatable bonds is 0. The minimum absolute atomic E-state index is 0.204. The molecule has 1 aliphatic heterocycles. The molecule has 1 aliphatic carbocycles. The highest BCUT2D eigenvalue weighted by Crippen LogP contribution is 2.29. The molecule has 2 aliphatic rings. The Bertz CT molecular complexity index is 275. The molecule has 4 nitrogen and oxygen atoms in total. The fourth-order valence-electron chi connectivity index (χ4n) is 1.47. The van der Waals surface area contributed by atoms with Gasteiger partial charge in [-0.3, -0.25) is 14.8 Å². The first-order valence-electron chi connectivity index (χ1n) is 3.63. The monoisotopic (exact) mass is 165 g/mol. The van der Waals surface area contributed by atoms with Gasteiger partial charge in [0.25, 0.3) is 11.8 Å². The number of nitrogens with zero attached hydrogens (tertiary/aromatic N) is 1. The van der Waals surface area contributed by atoms with E-state index in [9.17, 15) is 9.59 Å². The molecule has 1 N–H and O–H groups in total. The van der Waals surface area contributed by atoms with E-state index in [0.717, 1.165) is 0 Å². The van der Waals surface area contributed by atoms with Gasteiger partial charge in [-0.15, -0.1) is 0 Å². The molecule has 0 bridgehead atoms. The molecule has 0 spiro atoms. The Balaban J connectivity index is 2.40. The highest BCUT2D eigenvalue weighted by atomic mass is 16.5. The van der Waals surface area contributed by atoms with Crippen LogP contribution in [-0.2, 0) is 9.59 Å². The molecular weight excluding hydrogens is 158 g/mol. The predicted molar refractivity (Wildman–Crippen MR) is 38.9 cm³/mol. The van der Waals surface area contributed by atoms with E-state index >= 15 is 0 Å². The highest BCUT2D eigenvalue weighted by molar-refractivity contribution is 6.05. The van der Waals surface area contributed by atoms with Gasteiger partial charge in [-0.05, 0) is 0 Å². The van der Waals surface area contributed by atoms with Gasteiger partial charge >= 0.3 is 0 Å². The van der Waals surface area contributed by atoms with Crippen molar-refractivity contribution >= 4 is 11.8 Å². The van der Waals surface area contributed by atoms with Crippen LogP contribution < -0.4 is 0 Å². The van der Waals surface area contributed by atoms with Crippen molar-refractivity contribution in [2.75, 3.05) is 0 Å². The summed E-state index contributed by atoms with van der Waals surface area (Å²) in [5, 5.41) is 9.17. The van der Waals surface area contributed by atoms with Crippen LogP contribution in [0.1, 0.15) is 0 Å². The number of hydrogen-bond acceptors (Lipinski definition) is 3. The predicted octanol–water partition coefficient (Wildman–Crippen LogP) is 0.103. The van der Waals surface area contributed by atoms with Crippen molar-refractivity contribution in [3.63, 3.8) is 0 Å². The maximum absolute atomic E-state index is 11.1. The minimum atomic E-state index is -0.536. The van der Waals surface area contributed by atoms with E-state index in [1.807, 2.05) is 0 Å². The van der Waals surface area contributed by atoms with Crippen LogP contribution in [0.4, 0.5) is 0 Å². The van der Waals surface area contributed by atoms with E-state index < -0.39 is 23.7 Å². The van der Waals surface area contributed by atoms with Crippen molar-refractivity contribution in [2.24, 2.45) is 11.8 Å². The second-order valence-electron chi connectivity index (χ2n) is 2.81. The molecule has 1 saturated heterocycles. The maximum Gasteiger partial charge on any atom is 0.261 e. The number of hydrogen-bond donors (Lipinski definition) is 1. The zero-order valence-electron chi connectivity index (χ0n) is 6.18. The summed E-state index contributed by atoms with van der Waals surface area (Å²) >= 11 is 0. The lowest BCUT2D eigenvalue weighted by atomic mass is 9.91. The topological polar surface area (TPSA) is 57.6 Å². The Morgan fingerprint density at radius 1 is 1.08 bits per heavy atom. The SMILES string of the molecule is O=C1C2C=CC=CC2C(=O)N1O. The van der Waals surface area contributed by atoms with Gasteiger partial charge in [0, 0.05) is 0 Å². The zero-order chi connectivity index (χ0) is 8.72. The molecule has 2 atom stereocenters. The average molecular weight is 165 g/mol. The first-order chi connectivity index (χ1) is 5.72. The molecule has 1 heterocycles. The molecule has 2 unspecified atom stereocenters. The summed E-state index contributed by atoms with van der Waals surface area (Å²) in [4.78, 5) is 22.2. The second-order valence-corrected chi connectivity index (χ2v) is 2.81. The summed E-state index contributed by atoms with van der Waals surface area (Å²) in [6.07, 6.45) is 6.65. The molecule has 0 radical (unpaired) electrons. The Kier molecular flexibility index (Phi) is 1.38. The van der Waals surface area contributed by atoms with E-state index in [1.54, 1.807) is 24.3 Å². The first-order valence-corrected chi connectivity index (χ1v) is 3.63. The van der Waals surface area contributed by atoms with E-state index in [0.29, 0.717) is 0 Å². The van der Waals surface area contributed by atoms with Gasteiger partial charge in [0.15, 0.2) is 0 Å². The third kappa shape index (κ3) is 0.753. The Morgan fingerprint density at radius 2 is 1.50 bits per heavy atom. The van der Waals surface area contributed by atoms with Gasteiger partial charge in [0.05, 0.1) is 11.8 Å². The van der Waals surface area contributed by atoms with Crippen LogP contribution in [0.5, 0.6) is 0 Å². The fourth-order valence-corrected chi connectivity index (χ4v) is 1.47. The van der Waals surface area contributed by atoms with E-state index in [4.69, 9.17) is 5.21 Å². The first kappa shape index (κ1) is 7.24. The number of fused-ring (bicyclic) bond motifs is 1. The van der Waals surface area contributed by atoms with Crippen LogP contribution in [0.25, 0.3) is 0 Å². The van der Waals surface area contributed by atoms with Crippen molar-refractivity contribution in [2.45, 2.75) is 0 Å². The van der Waals surface area contributed by atoms with Crippen LogP contribution in [0.3, 0.4) is 0 Å². The minimum Gasteiger partial charge on any atom is -0.278 e. The molecule has 0 aromatic carbocycles. The maximum atomic E-state index is 11.1. The highest BCUT2D eigenvalue weighted by Gasteiger charge is 2.45. The van der Waals surface area contributed by atoms with E-state index in [2.05, 4.69) is 0 Å². The number of carbonyl (C=O) groups is 2. The summed E-state index contributed by atoms with van der Waals surface area (Å²) < 4.78 is 0.